The first-order chi connectivity index (χ1) is 12.6. The second-order valence-corrected chi connectivity index (χ2v) is 6.11. The fourth-order valence-electron chi connectivity index (χ4n) is 2.28. The van der Waals surface area contributed by atoms with Crippen LogP contribution in [0.1, 0.15) is 42.1 Å². The summed E-state index contributed by atoms with van der Waals surface area (Å²) in [5.74, 6) is 1.00. The van der Waals surface area contributed by atoms with E-state index in [9.17, 15) is 4.79 Å². The summed E-state index contributed by atoms with van der Waals surface area (Å²) in [5, 5.41) is 4.48. The predicted molar refractivity (Wildman–Crippen MR) is 105 cm³/mol. The van der Waals surface area contributed by atoms with E-state index >= 15 is 0 Å². The Bertz CT molecular complexity index is 762. The molecule has 0 atom stereocenters. The molecule has 0 heterocycles. The molecule has 0 aliphatic heterocycles. The molecule has 0 fully saturated rings. The van der Waals surface area contributed by atoms with Crippen molar-refractivity contribution in [3.05, 3.63) is 58.6 Å². The van der Waals surface area contributed by atoms with Gasteiger partial charge < -0.3 is 9.47 Å². The van der Waals surface area contributed by atoms with Crippen molar-refractivity contribution in [2.75, 3.05) is 13.7 Å². The largest absolute Gasteiger partial charge is 0.493 e. The zero-order valence-electron chi connectivity index (χ0n) is 15.0. The quantitative estimate of drug-likeness (QED) is 0.394. The molecular weight excluding hydrogens is 352 g/mol. The molecule has 6 heteroatoms. The van der Waals surface area contributed by atoms with Gasteiger partial charge in [-0.1, -0.05) is 37.4 Å². The van der Waals surface area contributed by atoms with E-state index in [-0.39, 0.29) is 5.91 Å². The van der Waals surface area contributed by atoms with Crippen molar-refractivity contribution in [3.63, 3.8) is 0 Å². The summed E-state index contributed by atoms with van der Waals surface area (Å²) >= 11 is 5.88. The summed E-state index contributed by atoms with van der Waals surface area (Å²) in [6.45, 7) is 2.81. The Morgan fingerprint density at radius 3 is 2.77 bits per heavy atom. The van der Waals surface area contributed by atoms with Gasteiger partial charge in [0, 0.05) is 10.6 Å². The Morgan fingerprint density at radius 2 is 2.04 bits per heavy atom. The summed E-state index contributed by atoms with van der Waals surface area (Å²) in [4.78, 5) is 12.0. The molecule has 26 heavy (non-hydrogen) atoms. The minimum atomic E-state index is -0.327. The van der Waals surface area contributed by atoms with Crippen LogP contribution in [-0.2, 0) is 0 Å². The van der Waals surface area contributed by atoms with Gasteiger partial charge in [-0.15, -0.1) is 0 Å². The number of methoxy groups -OCH3 is 1. The predicted octanol–water partition coefficient (Wildman–Crippen LogP) is 4.68. The van der Waals surface area contributed by atoms with E-state index in [1.165, 1.54) is 0 Å². The highest BCUT2D eigenvalue weighted by Crippen LogP contribution is 2.27. The van der Waals surface area contributed by atoms with Crippen LogP contribution in [0.2, 0.25) is 5.02 Å². The molecule has 138 valence electrons. The van der Waals surface area contributed by atoms with Crippen LogP contribution >= 0.6 is 11.6 Å². The molecule has 0 aromatic heterocycles. The standard InChI is InChI=1S/C20H23ClN2O3/c1-3-4-5-11-26-18-10-9-15(12-19(18)25-2)14-22-23-20(24)16-7-6-8-17(21)13-16/h6-10,12-14H,3-5,11H2,1-2H3,(H,23,24)/b22-14+. The molecule has 2 rings (SSSR count). The number of carbonyl (C=O) groups is 1. The maximum Gasteiger partial charge on any atom is 0.271 e. The normalized spacial score (nSPS) is 10.7. The number of benzene rings is 2. The highest BCUT2D eigenvalue weighted by molar-refractivity contribution is 6.30. The highest BCUT2D eigenvalue weighted by Gasteiger charge is 2.06. The van der Waals surface area contributed by atoms with Gasteiger partial charge in [0.05, 0.1) is 19.9 Å². The average molecular weight is 375 g/mol. The van der Waals surface area contributed by atoms with E-state index in [1.54, 1.807) is 37.6 Å². The second-order valence-electron chi connectivity index (χ2n) is 5.68. The number of rotatable bonds is 9. The number of unbranched alkanes of at least 4 members (excludes halogenated alkanes) is 2. The number of halogens is 1. The van der Waals surface area contributed by atoms with Crippen LogP contribution in [-0.4, -0.2) is 25.8 Å². The van der Waals surface area contributed by atoms with Crippen molar-refractivity contribution in [1.82, 2.24) is 5.43 Å². The van der Waals surface area contributed by atoms with Crippen LogP contribution < -0.4 is 14.9 Å². The number of nitrogens with zero attached hydrogens (tertiary/aromatic N) is 1. The van der Waals surface area contributed by atoms with Crippen LogP contribution in [0.3, 0.4) is 0 Å². The van der Waals surface area contributed by atoms with Crippen molar-refractivity contribution >= 4 is 23.7 Å². The van der Waals surface area contributed by atoms with Gasteiger partial charge in [0.1, 0.15) is 0 Å². The first-order valence-electron chi connectivity index (χ1n) is 8.54. The van der Waals surface area contributed by atoms with E-state index in [0.29, 0.717) is 28.7 Å². The molecule has 2 aromatic carbocycles. The molecule has 2 aromatic rings. The minimum Gasteiger partial charge on any atom is -0.493 e. The summed E-state index contributed by atoms with van der Waals surface area (Å²) < 4.78 is 11.1. The molecule has 1 N–H and O–H groups in total. The van der Waals surface area contributed by atoms with Gasteiger partial charge in [0.25, 0.3) is 5.91 Å². The molecule has 0 radical (unpaired) electrons. The molecule has 0 unspecified atom stereocenters. The Balaban J connectivity index is 1.96. The monoisotopic (exact) mass is 374 g/mol. The lowest BCUT2D eigenvalue weighted by molar-refractivity contribution is 0.0955. The number of hydrazone groups is 1. The maximum atomic E-state index is 12.0. The van der Waals surface area contributed by atoms with Gasteiger partial charge in [-0.05, 0) is 48.4 Å². The molecular formula is C20H23ClN2O3. The van der Waals surface area contributed by atoms with Crippen molar-refractivity contribution < 1.29 is 14.3 Å². The fourth-order valence-corrected chi connectivity index (χ4v) is 2.47. The van der Waals surface area contributed by atoms with Crippen LogP contribution in [0.5, 0.6) is 11.5 Å². The van der Waals surface area contributed by atoms with Gasteiger partial charge in [0.15, 0.2) is 11.5 Å². The lowest BCUT2D eigenvalue weighted by Crippen LogP contribution is -2.17. The smallest absolute Gasteiger partial charge is 0.271 e. The summed E-state index contributed by atoms with van der Waals surface area (Å²) in [5.41, 5.74) is 3.71. The lowest BCUT2D eigenvalue weighted by atomic mass is 10.2. The van der Waals surface area contributed by atoms with Crippen LogP contribution in [0.15, 0.2) is 47.6 Å². The van der Waals surface area contributed by atoms with E-state index in [4.69, 9.17) is 21.1 Å². The zero-order valence-corrected chi connectivity index (χ0v) is 15.8. The molecule has 0 bridgehead atoms. The summed E-state index contributed by atoms with van der Waals surface area (Å²) in [6.07, 6.45) is 4.85. The van der Waals surface area contributed by atoms with Crippen molar-refractivity contribution in [3.8, 4) is 11.5 Å². The third-order valence-electron chi connectivity index (χ3n) is 3.66. The first kappa shape index (κ1) is 19.8. The Morgan fingerprint density at radius 1 is 1.19 bits per heavy atom. The average Bonchev–Trinajstić information content (AvgIpc) is 2.65. The topological polar surface area (TPSA) is 59.9 Å². The summed E-state index contributed by atoms with van der Waals surface area (Å²) in [7, 11) is 1.59. The summed E-state index contributed by atoms with van der Waals surface area (Å²) in [6, 6.07) is 12.2. The molecule has 0 saturated carbocycles. The van der Waals surface area contributed by atoms with E-state index in [1.807, 2.05) is 18.2 Å². The lowest BCUT2D eigenvalue weighted by Gasteiger charge is -2.11. The molecule has 0 spiro atoms. The minimum absolute atomic E-state index is 0.327. The third kappa shape index (κ3) is 6.08. The van der Waals surface area contributed by atoms with Crippen molar-refractivity contribution in [1.29, 1.82) is 0 Å². The molecule has 1 amide bonds. The van der Waals surface area contributed by atoms with Crippen LogP contribution in [0, 0.1) is 0 Å². The van der Waals surface area contributed by atoms with Crippen molar-refractivity contribution in [2.45, 2.75) is 26.2 Å². The first-order valence-corrected chi connectivity index (χ1v) is 8.91. The Labute approximate surface area is 159 Å². The second kappa shape index (κ2) is 10.5. The number of carbonyl (C=O) groups excluding carboxylic acids is 1. The fraction of sp³-hybridized carbons (Fsp3) is 0.300. The molecule has 0 saturated heterocycles. The molecule has 0 aliphatic carbocycles. The van der Waals surface area contributed by atoms with Gasteiger partial charge in [-0.2, -0.15) is 5.10 Å². The van der Waals surface area contributed by atoms with Gasteiger partial charge in [-0.3, -0.25) is 4.79 Å². The zero-order chi connectivity index (χ0) is 18.8. The van der Waals surface area contributed by atoms with E-state index in [0.717, 1.165) is 24.8 Å². The van der Waals surface area contributed by atoms with Gasteiger partial charge in [0.2, 0.25) is 0 Å². The number of nitrogens with one attached hydrogen (secondary N) is 1. The third-order valence-corrected chi connectivity index (χ3v) is 3.89. The maximum absolute atomic E-state index is 12.0. The number of hydrogen-bond donors (Lipinski definition) is 1. The van der Waals surface area contributed by atoms with E-state index in [2.05, 4.69) is 17.5 Å². The molecule has 0 aliphatic rings. The van der Waals surface area contributed by atoms with Crippen LogP contribution in [0.25, 0.3) is 0 Å². The highest BCUT2D eigenvalue weighted by atomic mass is 35.5. The van der Waals surface area contributed by atoms with Crippen LogP contribution in [0.4, 0.5) is 0 Å². The van der Waals surface area contributed by atoms with Crippen molar-refractivity contribution in [2.24, 2.45) is 5.10 Å². The number of hydrogen-bond acceptors (Lipinski definition) is 4. The SMILES string of the molecule is CCCCCOc1ccc(/C=N/NC(=O)c2cccc(Cl)c2)cc1OC. The molecule has 5 nitrogen and oxygen atoms in total. The van der Waals surface area contributed by atoms with Gasteiger partial charge >= 0.3 is 0 Å². The Hall–Kier alpha value is -2.53. The van der Waals surface area contributed by atoms with E-state index < -0.39 is 0 Å². The number of ether oxygens (including phenoxy) is 2. The van der Waals surface area contributed by atoms with Gasteiger partial charge in [-0.25, -0.2) is 5.43 Å². The Kier molecular flexibility index (Phi) is 7.96. The number of amides is 1.